The van der Waals surface area contributed by atoms with E-state index in [1.807, 2.05) is 24.3 Å². The first-order valence-electron chi connectivity index (χ1n) is 13.9. The van der Waals surface area contributed by atoms with Crippen LogP contribution >= 0.6 is 0 Å². The third-order valence-corrected chi connectivity index (χ3v) is 8.00. The van der Waals surface area contributed by atoms with Gasteiger partial charge in [0.05, 0.1) is 11.1 Å². The molecule has 2 atom stereocenters. The number of carbonyl (C=O) groups excluding carboxylic acids is 2. The van der Waals surface area contributed by atoms with Crippen LogP contribution in [-0.4, -0.2) is 11.9 Å². The second-order valence-corrected chi connectivity index (χ2v) is 12.0. The van der Waals surface area contributed by atoms with Crippen LogP contribution in [0.5, 0.6) is 11.5 Å². The van der Waals surface area contributed by atoms with Gasteiger partial charge >= 0.3 is 11.9 Å². The van der Waals surface area contributed by atoms with Gasteiger partial charge in [-0.2, -0.15) is 0 Å². The van der Waals surface area contributed by atoms with Crippen LogP contribution in [0.15, 0.2) is 47.5 Å². The second-order valence-electron chi connectivity index (χ2n) is 12.0. The number of hydrogen-bond donors (Lipinski definition) is 0. The van der Waals surface area contributed by atoms with E-state index >= 15 is 0 Å². The Bertz CT molecular complexity index is 1120. The molecule has 4 heteroatoms. The topological polar surface area (TPSA) is 52.6 Å². The van der Waals surface area contributed by atoms with Crippen molar-refractivity contribution in [3.63, 3.8) is 0 Å². The molecule has 2 aliphatic carbocycles. The van der Waals surface area contributed by atoms with Crippen LogP contribution in [-0.2, 0) is 9.59 Å². The van der Waals surface area contributed by atoms with Crippen molar-refractivity contribution in [1.82, 2.24) is 0 Å². The van der Waals surface area contributed by atoms with Gasteiger partial charge in [-0.05, 0) is 101 Å². The number of rotatable bonds is 8. The summed E-state index contributed by atoms with van der Waals surface area (Å²) in [6.07, 6.45) is 2.65. The summed E-state index contributed by atoms with van der Waals surface area (Å²) in [4.78, 5) is 26.9. The van der Waals surface area contributed by atoms with Gasteiger partial charge in [-0.15, -0.1) is 0 Å². The Morgan fingerprint density at radius 2 is 0.946 bits per heavy atom. The maximum Gasteiger partial charge on any atom is 0.340 e. The summed E-state index contributed by atoms with van der Waals surface area (Å²) in [6.45, 7) is 17.3. The minimum Gasteiger partial charge on any atom is -0.423 e. The summed E-state index contributed by atoms with van der Waals surface area (Å²) in [5.41, 5.74) is 5.94. The largest absolute Gasteiger partial charge is 0.423 e. The van der Waals surface area contributed by atoms with Crippen molar-refractivity contribution >= 4 is 11.9 Å². The number of ether oxygens (including phenoxy) is 2. The van der Waals surface area contributed by atoms with E-state index in [-0.39, 0.29) is 11.8 Å². The summed E-state index contributed by atoms with van der Waals surface area (Å²) in [5, 5.41) is 0. The van der Waals surface area contributed by atoms with Gasteiger partial charge in [0.15, 0.2) is 0 Å². The second kappa shape index (κ2) is 10.8. The predicted molar refractivity (Wildman–Crippen MR) is 148 cm³/mol. The molecule has 0 saturated heterocycles. The zero-order valence-electron chi connectivity index (χ0n) is 23.7. The highest BCUT2D eigenvalue weighted by Gasteiger charge is 2.46. The fourth-order valence-electron chi connectivity index (χ4n) is 6.11. The van der Waals surface area contributed by atoms with Crippen molar-refractivity contribution < 1.29 is 19.1 Å². The molecule has 0 heterocycles. The highest BCUT2D eigenvalue weighted by Crippen LogP contribution is 2.49. The van der Waals surface area contributed by atoms with E-state index < -0.39 is 11.9 Å². The van der Waals surface area contributed by atoms with E-state index in [0.717, 1.165) is 19.3 Å². The first kappa shape index (κ1) is 27.2. The Morgan fingerprint density at radius 1 is 0.595 bits per heavy atom. The van der Waals surface area contributed by atoms with Gasteiger partial charge in [0.1, 0.15) is 11.5 Å². The third kappa shape index (κ3) is 5.54. The van der Waals surface area contributed by atoms with E-state index in [0.29, 0.717) is 46.3 Å². The maximum atomic E-state index is 13.4. The SMILES string of the molecule is CC(C)c1ccc(OC(=O)C2=C(C(=O)Oc3ccc(C(C)C)c(C(C)C)c3)C3CCC2C3)cc1C(C)C. The van der Waals surface area contributed by atoms with Crippen LogP contribution in [0, 0.1) is 11.8 Å². The molecule has 0 spiro atoms. The van der Waals surface area contributed by atoms with Gasteiger partial charge in [-0.1, -0.05) is 67.5 Å². The van der Waals surface area contributed by atoms with Crippen LogP contribution < -0.4 is 9.47 Å². The number of carbonyl (C=O) groups is 2. The molecule has 4 nitrogen and oxygen atoms in total. The molecule has 0 aromatic heterocycles. The Morgan fingerprint density at radius 3 is 1.27 bits per heavy atom. The average Bonchev–Trinajstić information content (AvgIpc) is 3.45. The predicted octanol–water partition coefficient (Wildman–Crippen LogP) is 8.42. The summed E-state index contributed by atoms with van der Waals surface area (Å²) in [5.74, 6) is 1.79. The molecule has 2 unspecified atom stereocenters. The molecular weight excluding hydrogens is 460 g/mol. The molecular formula is C33H42O4. The average molecular weight is 503 g/mol. The van der Waals surface area contributed by atoms with Gasteiger partial charge in [0.25, 0.3) is 0 Å². The first-order chi connectivity index (χ1) is 17.5. The quantitative estimate of drug-likeness (QED) is 0.268. The van der Waals surface area contributed by atoms with Gasteiger partial charge < -0.3 is 9.47 Å². The van der Waals surface area contributed by atoms with Gasteiger partial charge in [-0.25, -0.2) is 9.59 Å². The zero-order valence-corrected chi connectivity index (χ0v) is 23.7. The lowest BCUT2D eigenvalue weighted by Gasteiger charge is -2.20. The van der Waals surface area contributed by atoms with E-state index in [4.69, 9.17) is 9.47 Å². The Balaban J connectivity index is 1.61. The van der Waals surface area contributed by atoms with Gasteiger partial charge in [-0.3, -0.25) is 0 Å². The normalized spacial score (nSPS) is 19.0. The van der Waals surface area contributed by atoms with Crippen molar-refractivity contribution in [1.29, 1.82) is 0 Å². The number of fused-ring (bicyclic) bond motifs is 2. The molecule has 2 bridgehead atoms. The minimum absolute atomic E-state index is 0.0640. The fourth-order valence-corrected chi connectivity index (χ4v) is 6.11. The molecule has 2 aromatic rings. The molecule has 198 valence electrons. The standard InChI is InChI=1S/C33H42O4/c1-18(2)26-13-11-24(16-28(26)20(5)6)36-32(34)30-22-9-10-23(15-22)31(30)33(35)37-25-12-14-27(19(3)4)29(17-25)21(7)8/h11-14,16-23H,9-10,15H2,1-8H3. The lowest BCUT2D eigenvalue weighted by molar-refractivity contribution is -0.133. The molecule has 1 saturated carbocycles. The van der Waals surface area contributed by atoms with E-state index in [1.54, 1.807) is 0 Å². The summed E-state index contributed by atoms with van der Waals surface area (Å²) in [6, 6.07) is 11.8. The lowest BCUT2D eigenvalue weighted by Crippen LogP contribution is -2.24. The monoisotopic (exact) mass is 502 g/mol. The van der Waals surface area contributed by atoms with Crippen molar-refractivity contribution in [2.45, 2.75) is 98.3 Å². The first-order valence-corrected chi connectivity index (χ1v) is 13.9. The molecule has 0 radical (unpaired) electrons. The summed E-state index contributed by atoms with van der Waals surface area (Å²) < 4.78 is 11.8. The maximum absolute atomic E-state index is 13.4. The Labute approximate surface area is 222 Å². The molecule has 0 N–H and O–H groups in total. The number of hydrogen-bond acceptors (Lipinski definition) is 4. The molecule has 0 aliphatic heterocycles. The molecule has 1 fully saturated rings. The molecule has 4 rings (SSSR count). The van der Waals surface area contributed by atoms with E-state index in [2.05, 4.69) is 67.5 Å². The zero-order chi connectivity index (χ0) is 27.0. The molecule has 2 aromatic carbocycles. The highest BCUT2D eigenvalue weighted by atomic mass is 16.5. The van der Waals surface area contributed by atoms with E-state index in [9.17, 15) is 9.59 Å². The Hall–Kier alpha value is -2.88. The molecule has 2 aliphatic rings. The highest BCUT2D eigenvalue weighted by molar-refractivity contribution is 6.03. The van der Waals surface area contributed by atoms with Crippen LogP contribution in [0.4, 0.5) is 0 Å². The van der Waals surface area contributed by atoms with Crippen molar-refractivity contribution in [3.05, 3.63) is 69.8 Å². The number of esters is 2. The minimum atomic E-state index is -0.413. The fraction of sp³-hybridized carbons (Fsp3) is 0.515. The van der Waals surface area contributed by atoms with E-state index in [1.165, 1.54) is 22.3 Å². The third-order valence-electron chi connectivity index (χ3n) is 8.00. The smallest absolute Gasteiger partial charge is 0.340 e. The summed E-state index contributed by atoms with van der Waals surface area (Å²) >= 11 is 0. The Kier molecular flexibility index (Phi) is 7.96. The molecule has 0 amide bonds. The van der Waals surface area contributed by atoms with Crippen LogP contribution in [0.3, 0.4) is 0 Å². The van der Waals surface area contributed by atoms with Crippen LogP contribution in [0.25, 0.3) is 0 Å². The van der Waals surface area contributed by atoms with Gasteiger partial charge in [0.2, 0.25) is 0 Å². The van der Waals surface area contributed by atoms with Crippen LogP contribution in [0.2, 0.25) is 0 Å². The van der Waals surface area contributed by atoms with Crippen molar-refractivity contribution in [2.24, 2.45) is 11.8 Å². The van der Waals surface area contributed by atoms with Crippen molar-refractivity contribution in [3.8, 4) is 11.5 Å². The summed E-state index contributed by atoms with van der Waals surface area (Å²) in [7, 11) is 0. The van der Waals surface area contributed by atoms with Gasteiger partial charge in [0, 0.05) is 0 Å². The van der Waals surface area contributed by atoms with Crippen molar-refractivity contribution in [2.75, 3.05) is 0 Å². The molecule has 37 heavy (non-hydrogen) atoms. The lowest BCUT2D eigenvalue weighted by atomic mass is 9.90. The van der Waals surface area contributed by atoms with Crippen LogP contribution in [0.1, 0.15) is 121 Å². The number of benzene rings is 2.